The molecule has 1 aliphatic heterocycles. The molecule has 0 bridgehead atoms. The Kier molecular flexibility index (Phi) is 8.91. The molecule has 5 nitrogen and oxygen atoms in total. The van der Waals surface area contributed by atoms with Gasteiger partial charge in [-0.25, -0.2) is 4.98 Å². The van der Waals surface area contributed by atoms with Gasteiger partial charge in [0.1, 0.15) is 4.83 Å². The summed E-state index contributed by atoms with van der Waals surface area (Å²) < 4.78 is 1.11. The van der Waals surface area contributed by atoms with E-state index in [9.17, 15) is 4.79 Å². The molecule has 3 rings (SSSR count). The number of hydrogen-bond donors (Lipinski definition) is 2. The molecule has 3 heterocycles. The number of carbonyl (C=O) groups is 1. The number of hydrogen-bond acceptors (Lipinski definition) is 6. The van der Waals surface area contributed by atoms with Gasteiger partial charge in [-0.15, -0.1) is 36.2 Å². The zero-order valence-electron chi connectivity index (χ0n) is 14.7. The molecule has 2 aromatic heterocycles. The van der Waals surface area contributed by atoms with Crippen LogP contribution in [0.1, 0.15) is 36.9 Å². The van der Waals surface area contributed by atoms with E-state index in [-0.39, 0.29) is 36.8 Å². The predicted octanol–water partition coefficient (Wildman–Crippen LogP) is 3.78. The van der Waals surface area contributed by atoms with Gasteiger partial charge in [0.25, 0.3) is 5.91 Å². The lowest BCUT2D eigenvalue weighted by molar-refractivity contribution is 0.0919. The van der Waals surface area contributed by atoms with Crippen LogP contribution in [0.3, 0.4) is 0 Å². The minimum absolute atomic E-state index is 0. The maximum Gasteiger partial charge on any atom is 0.261 e. The van der Waals surface area contributed by atoms with Gasteiger partial charge in [-0.2, -0.15) is 0 Å². The molecule has 9 heteroatoms. The molecule has 1 fully saturated rings. The van der Waals surface area contributed by atoms with Crippen molar-refractivity contribution in [2.24, 2.45) is 5.92 Å². The van der Waals surface area contributed by atoms with E-state index in [1.807, 2.05) is 6.07 Å². The average molecular weight is 425 g/mol. The molecule has 2 atom stereocenters. The Hall–Kier alpha value is -0.600. The fourth-order valence-corrected chi connectivity index (χ4v) is 5.13. The highest BCUT2D eigenvalue weighted by Gasteiger charge is 2.24. The topological polar surface area (TPSA) is 57.3 Å². The Balaban J connectivity index is 0.00000156. The van der Waals surface area contributed by atoms with Gasteiger partial charge in [-0.05, 0) is 38.8 Å². The minimum atomic E-state index is 0. The van der Waals surface area contributed by atoms with Crippen molar-refractivity contribution in [3.8, 4) is 0 Å². The summed E-state index contributed by atoms with van der Waals surface area (Å²) in [6, 6.07) is 2.21. The van der Waals surface area contributed by atoms with Gasteiger partial charge < -0.3 is 15.5 Å². The lowest BCUT2D eigenvalue weighted by Crippen LogP contribution is -2.50. The van der Waals surface area contributed by atoms with Crippen molar-refractivity contribution in [3.63, 3.8) is 0 Å². The molecular weight excluding hydrogens is 399 g/mol. The van der Waals surface area contributed by atoms with Crippen LogP contribution in [0.25, 0.3) is 9.53 Å². The normalized spacial score (nSPS) is 19.8. The Bertz CT molecular complexity index is 655. The molecule has 0 spiro atoms. The third-order valence-electron chi connectivity index (χ3n) is 4.48. The maximum absolute atomic E-state index is 12.5. The van der Waals surface area contributed by atoms with Crippen LogP contribution in [0.2, 0.25) is 0 Å². The third-order valence-corrected chi connectivity index (χ3v) is 6.70. The van der Waals surface area contributed by atoms with Gasteiger partial charge in [0.2, 0.25) is 0 Å². The van der Waals surface area contributed by atoms with Gasteiger partial charge in [0.15, 0.2) is 5.13 Å². The molecule has 0 saturated carbocycles. The second-order valence-electron chi connectivity index (χ2n) is 6.00. The van der Waals surface area contributed by atoms with Gasteiger partial charge in [0.05, 0.1) is 9.58 Å². The van der Waals surface area contributed by atoms with Crippen LogP contribution in [0.15, 0.2) is 6.07 Å². The van der Waals surface area contributed by atoms with Crippen LogP contribution in [-0.4, -0.2) is 43.1 Å². The monoisotopic (exact) mass is 424 g/mol. The van der Waals surface area contributed by atoms with Crippen molar-refractivity contribution >= 4 is 68.1 Å². The molecule has 142 valence electrons. The number of fused-ring (bicyclic) bond motifs is 1. The van der Waals surface area contributed by atoms with Gasteiger partial charge in [0, 0.05) is 25.7 Å². The number of anilines is 1. The van der Waals surface area contributed by atoms with E-state index >= 15 is 0 Å². The smallest absolute Gasteiger partial charge is 0.261 e. The molecule has 0 aromatic carbocycles. The number of thiophene rings is 1. The molecular formula is C16H26Cl2N4OS2. The summed E-state index contributed by atoms with van der Waals surface area (Å²) >= 11 is 3.17. The first-order valence-corrected chi connectivity index (χ1v) is 9.92. The summed E-state index contributed by atoms with van der Waals surface area (Å²) in [5.74, 6) is 0.554. The number of piperidine rings is 1. The fraction of sp³-hybridized carbons (Fsp3) is 0.625. The molecule has 1 saturated heterocycles. The van der Waals surface area contributed by atoms with Gasteiger partial charge in [-0.1, -0.05) is 18.3 Å². The molecule has 2 N–H and O–H groups in total. The quantitative estimate of drug-likeness (QED) is 0.766. The number of aromatic nitrogens is 1. The number of nitrogens with zero attached hydrogens (tertiary/aromatic N) is 2. The number of rotatable bonds is 5. The van der Waals surface area contributed by atoms with Crippen LogP contribution < -0.4 is 15.5 Å². The Morgan fingerprint density at radius 2 is 2.08 bits per heavy atom. The van der Waals surface area contributed by atoms with Crippen molar-refractivity contribution in [1.29, 1.82) is 0 Å². The molecule has 2 unspecified atom stereocenters. The lowest BCUT2D eigenvalue weighted by Gasteiger charge is -2.30. The maximum atomic E-state index is 12.5. The number of nitrogens with one attached hydrogen (secondary N) is 2. The van der Waals surface area contributed by atoms with Crippen LogP contribution in [0, 0.1) is 5.92 Å². The highest BCUT2D eigenvalue weighted by molar-refractivity contribution is 7.29. The number of carbonyl (C=O) groups excluding carboxylic acids is 1. The highest BCUT2D eigenvalue weighted by Crippen LogP contribution is 2.34. The van der Waals surface area contributed by atoms with Crippen LogP contribution in [0.5, 0.6) is 0 Å². The summed E-state index contributed by atoms with van der Waals surface area (Å²) in [6.07, 6.45) is 1.11. The molecule has 0 radical (unpaired) electrons. The van der Waals surface area contributed by atoms with Crippen LogP contribution in [-0.2, 0) is 0 Å². The first-order valence-electron chi connectivity index (χ1n) is 8.29. The highest BCUT2D eigenvalue weighted by atomic mass is 35.5. The standard InChI is InChI=1S/C16H24N4OS2.2ClH/c1-4-20(5-2)16-19-15-13(23-16)8-12(22-15)14(21)18-11-9-17-7-6-10(11)3;;/h8,10-11,17H,4-7,9H2,1-3H3,(H,18,21);2*1H. The Morgan fingerprint density at radius 3 is 2.68 bits per heavy atom. The zero-order valence-corrected chi connectivity index (χ0v) is 18.0. The van der Waals surface area contributed by atoms with Crippen molar-refractivity contribution in [2.75, 3.05) is 31.1 Å². The lowest BCUT2D eigenvalue weighted by atomic mass is 9.95. The van der Waals surface area contributed by atoms with Crippen molar-refractivity contribution in [1.82, 2.24) is 15.6 Å². The largest absolute Gasteiger partial charge is 0.349 e. The molecule has 1 amide bonds. The van der Waals surface area contributed by atoms with E-state index in [0.29, 0.717) is 5.92 Å². The average Bonchev–Trinajstić information content (AvgIpc) is 3.10. The van der Waals surface area contributed by atoms with E-state index in [2.05, 4.69) is 36.3 Å². The fourth-order valence-electron chi connectivity index (χ4n) is 2.89. The predicted molar refractivity (Wildman–Crippen MR) is 113 cm³/mol. The summed E-state index contributed by atoms with van der Waals surface area (Å²) in [7, 11) is 0. The SMILES string of the molecule is CCN(CC)c1nc2sc(C(=O)NC3CNCCC3C)cc2s1.Cl.Cl. The minimum Gasteiger partial charge on any atom is -0.349 e. The zero-order chi connectivity index (χ0) is 16.4. The van der Waals surface area contributed by atoms with Crippen LogP contribution >= 0.6 is 47.5 Å². The third kappa shape index (κ3) is 4.98. The summed E-state index contributed by atoms with van der Waals surface area (Å²) in [5.41, 5.74) is 0. The first kappa shape index (κ1) is 22.4. The van der Waals surface area contributed by atoms with Crippen molar-refractivity contribution in [3.05, 3.63) is 10.9 Å². The first-order chi connectivity index (χ1) is 11.1. The van der Waals surface area contributed by atoms with Crippen LogP contribution in [0.4, 0.5) is 5.13 Å². The number of thiazole rings is 1. The summed E-state index contributed by atoms with van der Waals surface area (Å²) in [4.78, 5) is 21.2. The molecule has 2 aromatic rings. The van der Waals surface area contributed by atoms with E-state index in [1.165, 1.54) is 11.3 Å². The molecule has 1 aliphatic rings. The molecule has 25 heavy (non-hydrogen) atoms. The number of halogens is 2. The van der Waals surface area contributed by atoms with Gasteiger partial charge in [-0.3, -0.25) is 4.79 Å². The van der Waals surface area contributed by atoms with E-state index < -0.39 is 0 Å². The second-order valence-corrected chi connectivity index (χ2v) is 8.04. The van der Waals surface area contributed by atoms with E-state index in [0.717, 1.165) is 52.1 Å². The van der Waals surface area contributed by atoms with E-state index in [4.69, 9.17) is 4.98 Å². The van der Waals surface area contributed by atoms with Crippen molar-refractivity contribution < 1.29 is 4.79 Å². The molecule has 0 aliphatic carbocycles. The summed E-state index contributed by atoms with van der Waals surface area (Å²) in [6.45, 7) is 10.3. The second kappa shape index (κ2) is 9.92. The Labute approximate surface area is 169 Å². The number of amides is 1. The summed E-state index contributed by atoms with van der Waals surface area (Å²) in [5, 5.41) is 7.57. The van der Waals surface area contributed by atoms with Crippen molar-refractivity contribution in [2.45, 2.75) is 33.2 Å². The van der Waals surface area contributed by atoms with E-state index in [1.54, 1.807) is 11.3 Å². The van der Waals surface area contributed by atoms with Gasteiger partial charge >= 0.3 is 0 Å². The Morgan fingerprint density at radius 1 is 1.36 bits per heavy atom.